The zero-order valence-corrected chi connectivity index (χ0v) is 9.37. The fourth-order valence-corrected chi connectivity index (χ4v) is 2.35. The largest absolute Gasteiger partial charge is 0.376 e. The van der Waals surface area contributed by atoms with E-state index in [2.05, 4.69) is 5.32 Å². The standard InChI is InChI=1S/C11H20N2O2/c1-13(8-9-4-3-7-15-9)11(14)10-5-2-6-12-10/h9-10,12H,2-8H2,1H3/t9?,10-/m1/s1. The van der Waals surface area contributed by atoms with Crippen LogP contribution >= 0.6 is 0 Å². The van der Waals surface area contributed by atoms with E-state index in [-0.39, 0.29) is 18.1 Å². The van der Waals surface area contributed by atoms with Gasteiger partial charge in [0, 0.05) is 20.2 Å². The number of amides is 1. The Morgan fingerprint density at radius 1 is 1.47 bits per heavy atom. The molecule has 0 spiro atoms. The number of nitrogens with one attached hydrogen (secondary N) is 1. The predicted octanol–water partition coefficient (Wildman–Crippen LogP) is 0.376. The molecule has 0 aliphatic carbocycles. The number of carbonyl (C=O) groups excluding carboxylic acids is 1. The Hall–Kier alpha value is -0.610. The topological polar surface area (TPSA) is 41.6 Å². The van der Waals surface area contributed by atoms with Gasteiger partial charge in [0.25, 0.3) is 0 Å². The van der Waals surface area contributed by atoms with Crippen LogP contribution in [0.3, 0.4) is 0 Å². The van der Waals surface area contributed by atoms with Crippen molar-refractivity contribution in [3.63, 3.8) is 0 Å². The molecule has 2 saturated heterocycles. The van der Waals surface area contributed by atoms with Crippen LogP contribution in [-0.2, 0) is 9.53 Å². The van der Waals surface area contributed by atoms with Crippen LogP contribution in [0.1, 0.15) is 25.7 Å². The smallest absolute Gasteiger partial charge is 0.239 e. The Kier molecular flexibility index (Phi) is 3.59. The highest BCUT2D eigenvalue weighted by Crippen LogP contribution is 2.14. The summed E-state index contributed by atoms with van der Waals surface area (Å²) < 4.78 is 5.52. The van der Waals surface area contributed by atoms with Crippen molar-refractivity contribution in [1.29, 1.82) is 0 Å². The van der Waals surface area contributed by atoms with Crippen LogP contribution in [0, 0.1) is 0 Å². The lowest BCUT2D eigenvalue weighted by atomic mass is 10.2. The van der Waals surface area contributed by atoms with Crippen LogP contribution in [0.15, 0.2) is 0 Å². The number of nitrogens with zero attached hydrogens (tertiary/aromatic N) is 1. The molecule has 2 heterocycles. The lowest BCUT2D eigenvalue weighted by molar-refractivity contribution is -0.133. The number of hydrogen-bond acceptors (Lipinski definition) is 3. The summed E-state index contributed by atoms with van der Waals surface area (Å²) >= 11 is 0. The molecular formula is C11H20N2O2. The van der Waals surface area contributed by atoms with E-state index < -0.39 is 0 Å². The molecule has 2 aliphatic heterocycles. The molecule has 2 atom stereocenters. The van der Waals surface area contributed by atoms with Gasteiger partial charge in [0.15, 0.2) is 0 Å². The summed E-state index contributed by atoms with van der Waals surface area (Å²) in [6, 6.07) is 0.0522. The van der Waals surface area contributed by atoms with Crippen LogP contribution in [0.5, 0.6) is 0 Å². The minimum Gasteiger partial charge on any atom is -0.376 e. The third-order valence-electron chi connectivity index (χ3n) is 3.24. The Morgan fingerprint density at radius 2 is 2.33 bits per heavy atom. The van der Waals surface area contributed by atoms with Crippen molar-refractivity contribution in [3.05, 3.63) is 0 Å². The highest BCUT2D eigenvalue weighted by Gasteiger charge is 2.27. The predicted molar refractivity (Wildman–Crippen MR) is 57.6 cm³/mol. The summed E-state index contributed by atoms with van der Waals surface area (Å²) in [4.78, 5) is 13.8. The first kappa shape index (κ1) is 10.9. The summed E-state index contributed by atoms with van der Waals surface area (Å²) in [6.07, 6.45) is 4.59. The first-order valence-electron chi connectivity index (χ1n) is 5.87. The number of rotatable bonds is 3. The second-order valence-electron chi connectivity index (χ2n) is 4.50. The first-order valence-corrected chi connectivity index (χ1v) is 5.87. The molecule has 0 bridgehead atoms. The SMILES string of the molecule is CN(CC1CCCO1)C(=O)[C@H]1CCCN1. The van der Waals surface area contributed by atoms with E-state index in [1.807, 2.05) is 11.9 Å². The average Bonchev–Trinajstić information content (AvgIpc) is 2.88. The van der Waals surface area contributed by atoms with E-state index in [4.69, 9.17) is 4.74 Å². The fourth-order valence-electron chi connectivity index (χ4n) is 2.35. The van der Waals surface area contributed by atoms with Gasteiger partial charge < -0.3 is 15.0 Å². The Labute approximate surface area is 91.0 Å². The van der Waals surface area contributed by atoms with Crippen molar-refractivity contribution in [2.24, 2.45) is 0 Å². The number of hydrogen-bond donors (Lipinski definition) is 1. The lowest BCUT2D eigenvalue weighted by Gasteiger charge is -2.23. The molecule has 4 nitrogen and oxygen atoms in total. The second-order valence-corrected chi connectivity index (χ2v) is 4.50. The van der Waals surface area contributed by atoms with Gasteiger partial charge in [-0.05, 0) is 32.2 Å². The molecular weight excluding hydrogens is 192 g/mol. The van der Waals surface area contributed by atoms with Gasteiger partial charge >= 0.3 is 0 Å². The van der Waals surface area contributed by atoms with Crippen molar-refractivity contribution in [3.8, 4) is 0 Å². The molecule has 0 aromatic heterocycles. The molecule has 86 valence electrons. The minimum absolute atomic E-state index is 0.0522. The quantitative estimate of drug-likeness (QED) is 0.735. The molecule has 2 rings (SSSR count). The second kappa shape index (κ2) is 4.94. The number of ether oxygens (including phenoxy) is 1. The maximum atomic E-state index is 11.9. The van der Waals surface area contributed by atoms with Crippen molar-refractivity contribution < 1.29 is 9.53 Å². The maximum Gasteiger partial charge on any atom is 0.239 e. The molecule has 0 aromatic rings. The lowest BCUT2D eigenvalue weighted by Crippen LogP contribution is -2.44. The summed E-state index contributed by atoms with van der Waals surface area (Å²) in [5, 5.41) is 3.23. The summed E-state index contributed by atoms with van der Waals surface area (Å²) in [5.74, 6) is 0.225. The van der Waals surface area contributed by atoms with Gasteiger partial charge in [-0.15, -0.1) is 0 Å². The highest BCUT2D eigenvalue weighted by atomic mass is 16.5. The van der Waals surface area contributed by atoms with Gasteiger partial charge in [-0.25, -0.2) is 0 Å². The van der Waals surface area contributed by atoms with Crippen LogP contribution in [0.2, 0.25) is 0 Å². The van der Waals surface area contributed by atoms with Crippen LogP contribution in [-0.4, -0.2) is 49.7 Å². The fraction of sp³-hybridized carbons (Fsp3) is 0.909. The van der Waals surface area contributed by atoms with Crippen molar-refractivity contribution in [1.82, 2.24) is 10.2 Å². The molecule has 4 heteroatoms. The summed E-state index contributed by atoms with van der Waals surface area (Å²) in [6.45, 7) is 2.58. The monoisotopic (exact) mass is 212 g/mol. The van der Waals surface area contributed by atoms with E-state index >= 15 is 0 Å². The van der Waals surface area contributed by atoms with Gasteiger partial charge in [0.1, 0.15) is 0 Å². The zero-order chi connectivity index (χ0) is 10.7. The molecule has 0 radical (unpaired) electrons. The third-order valence-corrected chi connectivity index (χ3v) is 3.24. The minimum atomic E-state index is 0.0522. The molecule has 15 heavy (non-hydrogen) atoms. The van der Waals surface area contributed by atoms with E-state index in [1.54, 1.807) is 0 Å². The van der Waals surface area contributed by atoms with Crippen LogP contribution < -0.4 is 5.32 Å². The summed E-state index contributed by atoms with van der Waals surface area (Å²) in [7, 11) is 1.88. The first-order chi connectivity index (χ1) is 7.27. The maximum absolute atomic E-state index is 11.9. The van der Waals surface area contributed by atoms with Crippen LogP contribution in [0.25, 0.3) is 0 Å². The van der Waals surface area contributed by atoms with E-state index in [1.165, 1.54) is 0 Å². The summed E-state index contributed by atoms with van der Waals surface area (Å²) in [5.41, 5.74) is 0. The van der Waals surface area contributed by atoms with Crippen molar-refractivity contribution in [2.45, 2.75) is 37.8 Å². The molecule has 1 amide bonds. The zero-order valence-electron chi connectivity index (χ0n) is 9.37. The van der Waals surface area contributed by atoms with Gasteiger partial charge in [0.05, 0.1) is 12.1 Å². The number of carbonyl (C=O) groups is 1. The molecule has 0 aromatic carbocycles. The average molecular weight is 212 g/mol. The molecule has 1 N–H and O–H groups in total. The molecule has 1 unspecified atom stereocenters. The van der Waals surface area contributed by atoms with Crippen molar-refractivity contribution >= 4 is 5.91 Å². The van der Waals surface area contributed by atoms with E-state index in [9.17, 15) is 4.79 Å². The van der Waals surface area contributed by atoms with Crippen molar-refractivity contribution in [2.75, 3.05) is 26.7 Å². The third kappa shape index (κ3) is 2.69. The van der Waals surface area contributed by atoms with Crippen LogP contribution in [0.4, 0.5) is 0 Å². The van der Waals surface area contributed by atoms with E-state index in [0.29, 0.717) is 0 Å². The number of likely N-dealkylation sites (N-methyl/N-ethyl adjacent to an activating group) is 1. The van der Waals surface area contributed by atoms with Gasteiger partial charge in [-0.1, -0.05) is 0 Å². The normalized spacial score (nSPS) is 30.7. The Bertz CT molecular complexity index is 221. The van der Waals surface area contributed by atoms with Gasteiger partial charge in [-0.3, -0.25) is 4.79 Å². The highest BCUT2D eigenvalue weighted by molar-refractivity contribution is 5.81. The van der Waals surface area contributed by atoms with Gasteiger partial charge in [-0.2, -0.15) is 0 Å². The Morgan fingerprint density at radius 3 is 2.93 bits per heavy atom. The van der Waals surface area contributed by atoms with E-state index in [0.717, 1.165) is 45.4 Å². The Balaban J connectivity index is 1.78. The molecule has 2 fully saturated rings. The van der Waals surface area contributed by atoms with Gasteiger partial charge in [0.2, 0.25) is 5.91 Å². The molecule has 2 aliphatic rings. The molecule has 0 saturated carbocycles.